The molecule has 2 aliphatic heterocycles. The van der Waals surface area contributed by atoms with Crippen molar-refractivity contribution in [3.63, 3.8) is 0 Å². The highest BCUT2D eigenvalue weighted by Crippen LogP contribution is 2.21. The molecule has 0 aliphatic carbocycles. The maximum absolute atomic E-state index is 5.82. The normalized spacial score (nSPS) is 16.5. The number of hydrogen-bond donors (Lipinski definition) is 1. The minimum Gasteiger partial charge on any atom is -0.489 e. The first kappa shape index (κ1) is 20.5. The van der Waals surface area contributed by atoms with Gasteiger partial charge in [0.25, 0.3) is 0 Å². The maximum atomic E-state index is 5.82. The van der Waals surface area contributed by atoms with Crippen LogP contribution in [-0.2, 0) is 6.61 Å². The fourth-order valence-electron chi connectivity index (χ4n) is 2.98. The molecule has 5 heteroatoms. The molecular formula is C23H29N3OS. The number of nitrogens with one attached hydrogen (secondary N) is 1. The number of amidine groups is 1. The third-order valence-corrected chi connectivity index (χ3v) is 5.37. The summed E-state index contributed by atoms with van der Waals surface area (Å²) in [7, 11) is 2.19. The van der Waals surface area contributed by atoms with E-state index in [2.05, 4.69) is 34.4 Å². The Kier molecular flexibility index (Phi) is 8.47. The van der Waals surface area contributed by atoms with Gasteiger partial charge in [-0.05, 0) is 50.7 Å². The first-order valence-electron chi connectivity index (χ1n) is 9.87. The Hall–Kier alpha value is -2.24. The summed E-state index contributed by atoms with van der Waals surface area (Å²) in [5, 5.41) is 4.22. The lowest BCUT2D eigenvalue weighted by Crippen LogP contribution is -2.24. The summed E-state index contributed by atoms with van der Waals surface area (Å²) in [6.45, 7) is 3.21. The number of aliphatic imine (C=N–C) groups is 1. The topological polar surface area (TPSA) is 36.9 Å². The van der Waals surface area contributed by atoms with Crippen LogP contribution in [0, 0.1) is 0 Å². The van der Waals surface area contributed by atoms with Crippen molar-refractivity contribution in [3.05, 3.63) is 72.4 Å². The summed E-state index contributed by atoms with van der Waals surface area (Å²) >= 11 is 1.69. The van der Waals surface area contributed by atoms with E-state index in [9.17, 15) is 0 Å². The zero-order valence-corrected chi connectivity index (χ0v) is 17.3. The summed E-state index contributed by atoms with van der Waals surface area (Å²) in [6, 6.07) is 18.1. The Morgan fingerprint density at radius 2 is 1.86 bits per heavy atom. The largest absolute Gasteiger partial charge is 0.489 e. The summed E-state index contributed by atoms with van der Waals surface area (Å²) in [5.74, 6) is 1.80. The van der Waals surface area contributed by atoms with Gasteiger partial charge in [0.15, 0.2) is 5.17 Å². The minimum absolute atomic E-state index is 0.572. The van der Waals surface area contributed by atoms with Crippen LogP contribution in [0.15, 0.2) is 71.9 Å². The van der Waals surface area contributed by atoms with Crippen molar-refractivity contribution in [2.45, 2.75) is 25.9 Å². The van der Waals surface area contributed by atoms with Crippen LogP contribution in [0.4, 0.5) is 5.69 Å². The van der Waals surface area contributed by atoms with Crippen LogP contribution in [-0.4, -0.2) is 36.0 Å². The van der Waals surface area contributed by atoms with E-state index in [0.717, 1.165) is 27.9 Å². The van der Waals surface area contributed by atoms with Crippen molar-refractivity contribution >= 4 is 22.6 Å². The van der Waals surface area contributed by atoms with E-state index >= 15 is 0 Å². The van der Waals surface area contributed by atoms with Gasteiger partial charge in [-0.1, -0.05) is 60.7 Å². The number of rotatable bonds is 4. The van der Waals surface area contributed by atoms with E-state index in [1.54, 1.807) is 11.8 Å². The molecule has 28 heavy (non-hydrogen) atoms. The molecule has 1 saturated heterocycles. The second-order valence-electron chi connectivity index (χ2n) is 6.92. The van der Waals surface area contributed by atoms with Crippen molar-refractivity contribution in [1.29, 1.82) is 0 Å². The van der Waals surface area contributed by atoms with Gasteiger partial charge in [-0.2, -0.15) is 0 Å². The van der Waals surface area contributed by atoms with E-state index in [1.165, 1.54) is 32.4 Å². The van der Waals surface area contributed by atoms with Crippen LogP contribution >= 0.6 is 11.8 Å². The van der Waals surface area contributed by atoms with Gasteiger partial charge in [-0.25, -0.2) is 4.99 Å². The molecule has 0 aromatic heterocycles. The number of piperidine rings is 1. The summed E-state index contributed by atoms with van der Waals surface area (Å²) in [6.07, 6.45) is 8.14. The Bertz CT molecular complexity index is 770. The highest BCUT2D eigenvalue weighted by Gasteiger charge is 2.04. The molecular weight excluding hydrogens is 366 g/mol. The molecule has 2 aliphatic rings. The first-order chi connectivity index (χ1) is 13.8. The van der Waals surface area contributed by atoms with Crippen molar-refractivity contribution in [2.75, 3.05) is 31.2 Å². The molecule has 0 saturated carbocycles. The van der Waals surface area contributed by atoms with E-state index in [0.29, 0.717) is 6.61 Å². The molecule has 2 heterocycles. The number of benzene rings is 2. The Balaban J connectivity index is 0.000000271. The second-order valence-corrected chi connectivity index (χ2v) is 7.93. The number of hydrogen-bond acceptors (Lipinski definition) is 5. The average Bonchev–Trinajstić information content (AvgIpc) is 2.75. The number of ether oxygens (including phenoxy) is 1. The maximum Gasteiger partial charge on any atom is 0.165 e. The van der Waals surface area contributed by atoms with Gasteiger partial charge in [-0.15, -0.1) is 0 Å². The quantitative estimate of drug-likeness (QED) is 0.752. The Labute approximate surface area is 172 Å². The molecule has 4 rings (SSSR count). The van der Waals surface area contributed by atoms with Crippen molar-refractivity contribution < 1.29 is 4.74 Å². The van der Waals surface area contributed by atoms with Gasteiger partial charge in [0.05, 0.1) is 0 Å². The van der Waals surface area contributed by atoms with E-state index in [4.69, 9.17) is 4.74 Å². The van der Waals surface area contributed by atoms with E-state index in [-0.39, 0.29) is 0 Å². The van der Waals surface area contributed by atoms with Crippen LogP contribution in [0.25, 0.3) is 0 Å². The highest BCUT2D eigenvalue weighted by molar-refractivity contribution is 8.14. The van der Waals surface area contributed by atoms with Crippen LogP contribution in [0.5, 0.6) is 5.75 Å². The van der Waals surface area contributed by atoms with Crippen LogP contribution < -0.4 is 10.1 Å². The number of thioether (sulfide) groups is 1. The standard InChI is InChI=1S/C17H16N2OS.C6H13N/c1-2-6-14(7-3-1)13-20-16-9-4-8-15(12-16)19-17-18-10-5-11-21-17;1-7-5-3-2-4-6-7/h1-10,12H,11,13H2,(H,18,19);2-6H2,1H3. The lowest BCUT2D eigenvalue weighted by molar-refractivity contribution is 0.277. The predicted molar refractivity (Wildman–Crippen MR) is 121 cm³/mol. The third-order valence-electron chi connectivity index (χ3n) is 4.53. The monoisotopic (exact) mass is 395 g/mol. The zero-order chi connectivity index (χ0) is 19.4. The van der Waals surface area contributed by atoms with Gasteiger partial charge in [0, 0.05) is 23.7 Å². The smallest absolute Gasteiger partial charge is 0.165 e. The van der Waals surface area contributed by atoms with Gasteiger partial charge in [0.2, 0.25) is 0 Å². The number of likely N-dealkylation sites (tertiary alicyclic amines) is 1. The zero-order valence-electron chi connectivity index (χ0n) is 16.5. The van der Waals surface area contributed by atoms with Crippen molar-refractivity contribution in [2.24, 2.45) is 4.99 Å². The second kappa shape index (κ2) is 11.6. The molecule has 0 spiro atoms. The fourth-order valence-corrected chi connectivity index (χ4v) is 3.64. The summed E-state index contributed by atoms with van der Waals surface area (Å²) in [5.41, 5.74) is 2.15. The minimum atomic E-state index is 0.572. The van der Waals surface area contributed by atoms with Gasteiger partial charge < -0.3 is 15.0 Å². The van der Waals surface area contributed by atoms with Crippen LogP contribution in [0.3, 0.4) is 0 Å². The van der Waals surface area contributed by atoms with Gasteiger partial charge >= 0.3 is 0 Å². The molecule has 0 bridgehead atoms. The highest BCUT2D eigenvalue weighted by atomic mass is 32.2. The predicted octanol–water partition coefficient (Wildman–Crippen LogP) is 5.40. The lowest BCUT2D eigenvalue weighted by atomic mass is 10.1. The van der Waals surface area contributed by atoms with E-state index < -0.39 is 0 Å². The molecule has 0 radical (unpaired) electrons. The summed E-state index contributed by atoms with van der Waals surface area (Å²) in [4.78, 5) is 6.69. The van der Waals surface area contributed by atoms with Crippen molar-refractivity contribution in [1.82, 2.24) is 4.90 Å². The SMILES string of the molecule is C1=CN=C(Nc2cccc(OCc3ccccc3)c2)SC1.CN1CCCCC1. The van der Waals surface area contributed by atoms with Crippen LogP contribution in [0.2, 0.25) is 0 Å². The third kappa shape index (κ3) is 7.41. The van der Waals surface area contributed by atoms with Gasteiger partial charge in [0.1, 0.15) is 12.4 Å². The van der Waals surface area contributed by atoms with Crippen molar-refractivity contribution in [3.8, 4) is 5.75 Å². The Morgan fingerprint density at radius 1 is 1.04 bits per heavy atom. The molecule has 1 N–H and O–H groups in total. The Morgan fingerprint density at radius 3 is 2.54 bits per heavy atom. The average molecular weight is 396 g/mol. The lowest BCUT2D eigenvalue weighted by Gasteiger charge is -2.20. The first-order valence-corrected chi connectivity index (χ1v) is 10.9. The molecule has 2 aromatic carbocycles. The summed E-state index contributed by atoms with van der Waals surface area (Å²) < 4.78 is 5.82. The molecule has 148 valence electrons. The number of anilines is 1. The molecule has 0 unspecified atom stereocenters. The molecule has 2 aromatic rings. The molecule has 4 nitrogen and oxygen atoms in total. The molecule has 0 atom stereocenters. The molecule has 0 amide bonds. The van der Waals surface area contributed by atoms with Crippen LogP contribution in [0.1, 0.15) is 24.8 Å². The number of nitrogens with zero attached hydrogens (tertiary/aromatic N) is 2. The fraction of sp³-hybridized carbons (Fsp3) is 0.348. The van der Waals surface area contributed by atoms with Gasteiger partial charge in [-0.3, -0.25) is 0 Å². The molecule has 1 fully saturated rings. The van der Waals surface area contributed by atoms with E-state index in [1.807, 2.05) is 54.7 Å².